The smallest absolute Gasteiger partial charge is 0.104 e. The number of rotatable bonds is 2. The summed E-state index contributed by atoms with van der Waals surface area (Å²) in [7, 11) is 0. The van der Waals surface area contributed by atoms with Crippen molar-refractivity contribution in [3.05, 3.63) is 64.4 Å². The van der Waals surface area contributed by atoms with Gasteiger partial charge in [0.15, 0.2) is 0 Å². The zero-order valence-corrected chi connectivity index (χ0v) is 9.65. The van der Waals surface area contributed by atoms with Gasteiger partial charge in [-0.05, 0) is 42.3 Å². The lowest BCUT2D eigenvalue weighted by molar-refractivity contribution is 0.220. The summed E-state index contributed by atoms with van der Waals surface area (Å²) in [4.78, 5) is 4.10. The highest BCUT2D eigenvalue weighted by Crippen LogP contribution is 2.24. The molecule has 1 atom stereocenters. The van der Waals surface area contributed by atoms with E-state index < -0.39 is 6.10 Å². The summed E-state index contributed by atoms with van der Waals surface area (Å²) in [5, 5.41) is 10.8. The number of aliphatic hydroxyl groups excluding tert-OH is 1. The minimum Gasteiger partial charge on any atom is -0.384 e. The van der Waals surface area contributed by atoms with Crippen LogP contribution in [0, 0.1) is 6.92 Å². The quantitative estimate of drug-likeness (QED) is 0.865. The van der Waals surface area contributed by atoms with E-state index in [4.69, 9.17) is 11.6 Å². The second kappa shape index (κ2) is 4.64. The molecule has 2 rings (SSSR count). The van der Waals surface area contributed by atoms with Crippen LogP contribution in [0.25, 0.3) is 0 Å². The van der Waals surface area contributed by atoms with E-state index in [2.05, 4.69) is 4.98 Å². The lowest BCUT2D eigenvalue weighted by Gasteiger charge is -2.11. The molecule has 1 N–H and O–H groups in total. The topological polar surface area (TPSA) is 33.1 Å². The first kappa shape index (κ1) is 11.1. The number of aryl methyl sites for hydroxylation is 1. The molecule has 3 heteroatoms. The summed E-state index contributed by atoms with van der Waals surface area (Å²) in [5.41, 5.74) is 2.51. The molecule has 1 aromatic heterocycles. The van der Waals surface area contributed by atoms with Crippen LogP contribution in [-0.2, 0) is 0 Å². The summed E-state index contributed by atoms with van der Waals surface area (Å²) < 4.78 is 0. The van der Waals surface area contributed by atoms with Crippen molar-refractivity contribution in [2.24, 2.45) is 0 Å². The maximum atomic E-state index is 10.2. The summed E-state index contributed by atoms with van der Waals surface area (Å²) >= 11 is 5.88. The van der Waals surface area contributed by atoms with Crippen LogP contribution in [0.3, 0.4) is 0 Å². The van der Waals surface area contributed by atoms with E-state index in [9.17, 15) is 5.11 Å². The Bertz CT molecular complexity index is 453. The fourth-order valence-electron chi connectivity index (χ4n) is 1.61. The number of pyridine rings is 1. The van der Waals surface area contributed by atoms with Gasteiger partial charge >= 0.3 is 0 Å². The van der Waals surface area contributed by atoms with Crippen molar-refractivity contribution in [1.29, 1.82) is 0 Å². The maximum absolute atomic E-state index is 10.2. The first-order valence-electron chi connectivity index (χ1n) is 5.03. The molecule has 1 unspecified atom stereocenters. The van der Waals surface area contributed by atoms with Gasteiger partial charge in [0, 0.05) is 16.9 Å². The average Bonchev–Trinajstić information content (AvgIpc) is 2.28. The molecule has 0 amide bonds. The van der Waals surface area contributed by atoms with Gasteiger partial charge in [-0.2, -0.15) is 0 Å². The summed E-state index contributed by atoms with van der Waals surface area (Å²) in [6.45, 7) is 1.90. The van der Waals surface area contributed by atoms with Gasteiger partial charge in [0.05, 0.1) is 0 Å². The SMILES string of the molecule is Cc1cc(C(O)c2cccc(Cl)c2)ccn1. The van der Waals surface area contributed by atoms with E-state index in [0.717, 1.165) is 16.8 Å². The van der Waals surface area contributed by atoms with Crippen LogP contribution in [-0.4, -0.2) is 10.1 Å². The lowest BCUT2D eigenvalue weighted by atomic mass is 10.0. The van der Waals surface area contributed by atoms with Gasteiger partial charge in [-0.1, -0.05) is 23.7 Å². The molecular formula is C13H12ClNO. The Morgan fingerprint density at radius 2 is 1.94 bits per heavy atom. The number of aromatic nitrogens is 1. The summed E-state index contributed by atoms with van der Waals surface area (Å²) in [5.74, 6) is 0. The Hall–Kier alpha value is -1.38. The zero-order chi connectivity index (χ0) is 11.5. The fraction of sp³-hybridized carbons (Fsp3) is 0.154. The van der Waals surface area contributed by atoms with Crippen molar-refractivity contribution in [1.82, 2.24) is 4.98 Å². The molecule has 0 fully saturated rings. The average molecular weight is 234 g/mol. The van der Waals surface area contributed by atoms with Crippen LogP contribution < -0.4 is 0 Å². The van der Waals surface area contributed by atoms with Gasteiger partial charge in [-0.25, -0.2) is 0 Å². The van der Waals surface area contributed by atoms with E-state index in [1.165, 1.54) is 0 Å². The highest BCUT2D eigenvalue weighted by Gasteiger charge is 2.10. The molecule has 0 radical (unpaired) electrons. The first-order chi connectivity index (χ1) is 7.66. The molecule has 0 aliphatic carbocycles. The Labute approximate surface area is 99.5 Å². The molecular weight excluding hydrogens is 222 g/mol. The molecule has 0 saturated carbocycles. The third-order valence-electron chi connectivity index (χ3n) is 2.40. The molecule has 0 aliphatic heterocycles. The van der Waals surface area contributed by atoms with Crippen molar-refractivity contribution in [2.45, 2.75) is 13.0 Å². The van der Waals surface area contributed by atoms with Crippen molar-refractivity contribution < 1.29 is 5.11 Å². The summed E-state index contributed by atoms with van der Waals surface area (Å²) in [6, 6.07) is 10.9. The molecule has 0 spiro atoms. The van der Waals surface area contributed by atoms with Crippen LogP contribution in [0.2, 0.25) is 5.02 Å². The Balaban J connectivity index is 2.35. The van der Waals surface area contributed by atoms with Crippen LogP contribution in [0.4, 0.5) is 0 Å². The molecule has 2 nitrogen and oxygen atoms in total. The highest BCUT2D eigenvalue weighted by atomic mass is 35.5. The third kappa shape index (κ3) is 2.40. The Kier molecular flexibility index (Phi) is 3.22. The van der Waals surface area contributed by atoms with Crippen molar-refractivity contribution in [3.8, 4) is 0 Å². The standard InChI is InChI=1S/C13H12ClNO/c1-9-7-11(5-6-15-9)13(16)10-3-2-4-12(14)8-10/h2-8,13,16H,1H3. The van der Waals surface area contributed by atoms with E-state index in [0.29, 0.717) is 5.02 Å². The van der Waals surface area contributed by atoms with Crippen LogP contribution in [0.15, 0.2) is 42.6 Å². The maximum Gasteiger partial charge on any atom is 0.104 e. The molecule has 82 valence electrons. The van der Waals surface area contributed by atoms with Gasteiger partial charge in [-0.15, -0.1) is 0 Å². The Morgan fingerprint density at radius 1 is 1.19 bits per heavy atom. The molecule has 0 bridgehead atoms. The highest BCUT2D eigenvalue weighted by molar-refractivity contribution is 6.30. The van der Waals surface area contributed by atoms with Gasteiger partial charge < -0.3 is 5.11 Å². The molecule has 0 aliphatic rings. The number of hydrogen-bond donors (Lipinski definition) is 1. The van der Waals surface area contributed by atoms with Gasteiger partial charge in [0.1, 0.15) is 6.10 Å². The third-order valence-corrected chi connectivity index (χ3v) is 2.64. The van der Waals surface area contributed by atoms with Gasteiger partial charge in [-0.3, -0.25) is 4.98 Å². The van der Waals surface area contributed by atoms with Gasteiger partial charge in [0.2, 0.25) is 0 Å². The second-order valence-electron chi connectivity index (χ2n) is 3.69. The molecule has 1 aromatic carbocycles. The number of hydrogen-bond acceptors (Lipinski definition) is 2. The van der Waals surface area contributed by atoms with Crippen molar-refractivity contribution >= 4 is 11.6 Å². The van der Waals surface area contributed by atoms with Crippen LogP contribution >= 0.6 is 11.6 Å². The summed E-state index contributed by atoms with van der Waals surface area (Å²) in [6.07, 6.45) is 1.04. The molecule has 0 saturated heterocycles. The Morgan fingerprint density at radius 3 is 2.62 bits per heavy atom. The van der Waals surface area contributed by atoms with Crippen LogP contribution in [0.5, 0.6) is 0 Å². The van der Waals surface area contributed by atoms with Crippen molar-refractivity contribution in [3.63, 3.8) is 0 Å². The normalized spacial score (nSPS) is 12.4. The first-order valence-corrected chi connectivity index (χ1v) is 5.41. The predicted octanol–water partition coefficient (Wildman–Crippen LogP) is 3.13. The molecule has 2 aromatic rings. The molecule has 16 heavy (non-hydrogen) atoms. The lowest BCUT2D eigenvalue weighted by Crippen LogP contribution is -2.00. The minimum absolute atomic E-state index is 0.627. The fourth-order valence-corrected chi connectivity index (χ4v) is 1.81. The molecule has 1 heterocycles. The second-order valence-corrected chi connectivity index (χ2v) is 4.12. The number of benzene rings is 1. The van der Waals surface area contributed by atoms with Gasteiger partial charge in [0.25, 0.3) is 0 Å². The number of halogens is 1. The number of nitrogens with zero attached hydrogens (tertiary/aromatic N) is 1. The predicted molar refractivity (Wildman–Crippen MR) is 64.5 cm³/mol. The van der Waals surface area contributed by atoms with Crippen LogP contribution in [0.1, 0.15) is 22.9 Å². The monoisotopic (exact) mass is 233 g/mol. The van der Waals surface area contributed by atoms with E-state index in [1.54, 1.807) is 24.4 Å². The van der Waals surface area contributed by atoms with Crippen molar-refractivity contribution in [2.75, 3.05) is 0 Å². The van der Waals surface area contributed by atoms with E-state index in [1.807, 2.05) is 25.1 Å². The van der Waals surface area contributed by atoms with E-state index >= 15 is 0 Å². The number of aliphatic hydroxyl groups is 1. The zero-order valence-electron chi connectivity index (χ0n) is 8.89. The minimum atomic E-state index is -0.652. The van der Waals surface area contributed by atoms with E-state index in [-0.39, 0.29) is 0 Å². The largest absolute Gasteiger partial charge is 0.384 e.